The molecule has 0 atom stereocenters. The summed E-state index contributed by atoms with van der Waals surface area (Å²) in [6.45, 7) is 0. The minimum Gasteiger partial charge on any atom is -0.478 e. The third kappa shape index (κ3) is 3.27. The van der Waals surface area contributed by atoms with E-state index in [0.717, 1.165) is 12.1 Å². The van der Waals surface area contributed by atoms with Crippen molar-refractivity contribution < 1.29 is 23.1 Å². The standard InChI is InChI=1S/C10H6ClF3O2/c11-7-3-1-6(2-4-7)8(5-9(15)16)10(12,13)14/h1-5H,(H,15,16)/b8-5-. The van der Waals surface area contributed by atoms with Gasteiger partial charge in [-0.3, -0.25) is 0 Å². The average molecular weight is 251 g/mol. The third-order valence-electron chi connectivity index (χ3n) is 1.73. The molecule has 1 N–H and O–H groups in total. The molecule has 0 aliphatic rings. The largest absolute Gasteiger partial charge is 0.478 e. The molecule has 0 bridgehead atoms. The molecule has 1 aromatic rings. The van der Waals surface area contributed by atoms with Gasteiger partial charge in [0.1, 0.15) is 0 Å². The summed E-state index contributed by atoms with van der Waals surface area (Å²) >= 11 is 5.52. The lowest BCUT2D eigenvalue weighted by Gasteiger charge is -2.11. The summed E-state index contributed by atoms with van der Waals surface area (Å²) in [6, 6.07) is 4.76. The van der Waals surface area contributed by atoms with Gasteiger partial charge in [0.2, 0.25) is 0 Å². The Balaban J connectivity index is 3.23. The number of hydrogen-bond donors (Lipinski definition) is 1. The highest BCUT2D eigenvalue weighted by molar-refractivity contribution is 6.30. The number of carbonyl (C=O) groups is 1. The first-order valence-electron chi connectivity index (χ1n) is 4.08. The molecule has 16 heavy (non-hydrogen) atoms. The van der Waals surface area contributed by atoms with Gasteiger partial charge in [-0.05, 0) is 17.7 Å². The lowest BCUT2D eigenvalue weighted by atomic mass is 10.1. The smallest absolute Gasteiger partial charge is 0.417 e. The van der Waals surface area contributed by atoms with Crippen LogP contribution in [-0.4, -0.2) is 17.3 Å². The van der Waals surface area contributed by atoms with Gasteiger partial charge in [-0.2, -0.15) is 13.2 Å². The topological polar surface area (TPSA) is 37.3 Å². The van der Waals surface area contributed by atoms with Gasteiger partial charge in [0.15, 0.2) is 0 Å². The van der Waals surface area contributed by atoms with Crippen molar-refractivity contribution in [1.29, 1.82) is 0 Å². The molecule has 0 spiro atoms. The molecule has 0 aliphatic heterocycles. The van der Waals surface area contributed by atoms with E-state index >= 15 is 0 Å². The van der Waals surface area contributed by atoms with Crippen molar-refractivity contribution in [3.63, 3.8) is 0 Å². The Hall–Kier alpha value is -1.49. The molecular weight excluding hydrogens is 245 g/mol. The molecule has 1 rings (SSSR count). The van der Waals surface area contributed by atoms with Gasteiger partial charge in [0.25, 0.3) is 0 Å². The van der Waals surface area contributed by atoms with Crippen LogP contribution in [-0.2, 0) is 4.79 Å². The Labute approximate surface area is 94.0 Å². The van der Waals surface area contributed by atoms with Crippen molar-refractivity contribution in [2.24, 2.45) is 0 Å². The van der Waals surface area contributed by atoms with Crippen molar-refractivity contribution in [3.8, 4) is 0 Å². The van der Waals surface area contributed by atoms with E-state index in [9.17, 15) is 18.0 Å². The molecule has 6 heteroatoms. The van der Waals surface area contributed by atoms with Crippen molar-refractivity contribution in [2.45, 2.75) is 6.18 Å². The van der Waals surface area contributed by atoms with Gasteiger partial charge in [0, 0.05) is 11.1 Å². The van der Waals surface area contributed by atoms with Crippen LogP contribution >= 0.6 is 11.6 Å². The Kier molecular flexibility index (Phi) is 3.59. The van der Waals surface area contributed by atoms with Crippen molar-refractivity contribution in [1.82, 2.24) is 0 Å². The number of halogens is 4. The Bertz CT molecular complexity index is 421. The van der Waals surface area contributed by atoms with E-state index in [1.54, 1.807) is 0 Å². The minimum atomic E-state index is -4.72. The van der Waals surface area contributed by atoms with Crippen LogP contribution in [0.1, 0.15) is 5.56 Å². The van der Waals surface area contributed by atoms with E-state index in [-0.39, 0.29) is 16.7 Å². The molecule has 2 nitrogen and oxygen atoms in total. The van der Waals surface area contributed by atoms with Crippen LogP contribution in [0.25, 0.3) is 5.57 Å². The van der Waals surface area contributed by atoms with Crippen molar-refractivity contribution in [2.75, 3.05) is 0 Å². The second kappa shape index (κ2) is 4.57. The molecule has 0 aromatic heterocycles. The number of aliphatic carboxylic acids is 1. The maximum atomic E-state index is 12.5. The zero-order valence-electron chi connectivity index (χ0n) is 7.75. The number of alkyl halides is 3. The molecule has 0 radical (unpaired) electrons. The normalized spacial score (nSPS) is 12.6. The maximum Gasteiger partial charge on any atom is 0.417 e. The summed E-state index contributed by atoms with van der Waals surface area (Å²) in [5.74, 6) is -1.65. The molecule has 0 saturated carbocycles. The number of rotatable bonds is 2. The molecule has 0 heterocycles. The summed E-state index contributed by atoms with van der Waals surface area (Å²) in [4.78, 5) is 10.3. The first-order chi connectivity index (χ1) is 7.30. The number of hydrogen-bond acceptors (Lipinski definition) is 1. The first-order valence-corrected chi connectivity index (χ1v) is 4.46. The van der Waals surface area contributed by atoms with Gasteiger partial charge >= 0.3 is 12.1 Å². The van der Waals surface area contributed by atoms with E-state index in [2.05, 4.69) is 0 Å². The van der Waals surface area contributed by atoms with E-state index in [4.69, 9.17) is 16.7 Å². The predicted molar refractivity (Wildman–Crippen MR) is 53.1 cm³/mol. The molecule has 0 unspecified atom stereocenters. The van der Waals surface area contributed by atoms with Gasteiger partial charge in [-0.15, -0.1) is 0 Å². The average Bonchev–Trinajstić information content (AvgIpc) is 2.14. The van der Waals surface area contributed by atoms with Crippen LogP contribution in [0.4, 0.5) is 13.2 Å². The summed E-state index contributed by atoms with van der Waals surface area (Å²) < 4.78 is 37.5. The number of benzene rings is 1. The Morgan fingerprint density at radius 1 is 1.25 bits per heavy atom. The van der Waals surface area contributed by atoms with Crippen molar-refractivity contribution in [3.05, 3.63) is 40.9 Å². The van der Waals surface area contributed by atoms with E-state index in [1.165, 1.54) is 12.1 Å². The summed E-state index contributed by atoms with van der Waals surface area (Å²) in [5.41, 5.74) is -1.45. The number of carboxylic acids is 1. The van der Waals surface area contributed by atoms with Gasteiger partial charge in [-0.1, -0.05) is 23.7 Å². The molecule has 0 fully saturated rings. The quantitative estimate of drug-likeness (QED) is 0.817. The van der Waals surface area contributed by atoms with Gasteiger partial charge < -0.3 is 5.11 Å². The Morgan fingerprint density at radius 2 is 1.75 bits per heavy atom. The highest BCUT2D eigenvalue weighted by Gasteiger charge is 2.35. The van der Waals surface area contributed by atoms with Crippen LogP contribution in [0.3, 0.4) is 0 Å². The SMILES string of the molecule is O=C(O)/C=C(/c1ccc(Cl)cc1)C(F)(F)F. The number of allylic oxidation sites excluding steroid dienone is 1. The molecule has 0 saturated heterocycles. The fourth-order valence-corrected chi connectivity index (χ4v) is 1.21. The lowest BCUT2D eigenvalue weighted by Crippen LogP contribution is -2.12. The molecule has 1 aromatic carbocycles. The molecule has 0 aliphatic carbocycles. The van der Waals surface area contributed by atoms with Crippen LogP contribution in [0, 0.1) is 0 Å². The second-order valence-electron chi connectivity index (χ2n) is 2.90. The zero-order chi connectivity index (χ0) is 12.3. The fourth-order valence-electron chi connectivity index (χ4n) is 1.08. The summed E-state index contributed by atoms with van der Waals surface area (Å²) in [5, 5.41) is 8.64. The highest BCUT2D eigenvalue weighted by Crippen LogP contribution is 2.34. The van der Waals surface area contributed by atoms with Gasteiger partial charge in [-0.25, -0.2) is 4.79 Å². The maximum absolute atomic E-state index is 12.5. The zero-order valence-corrected chi connectivity index (χ0v) is 8.51. The highest BCUT2D eigenvalue weighted by atomic mass is 35.5. The third-order valence-corrected chi connectivity index (χ3v) is 1.98. The minimum absolute atomic E-state index is 0.128. The molecular formula is C10H6ClF3O2. The first kappa shape index (κ1) is 12.6. The fraction of sp³-hybridized carbons (Fsp3) is 0.100. The second-order valence-corrected chi connectivity index (χ2v) is 3.34. The number of carboxylic acid groups (broad SMARTS) is 1. The monoisotopic (exact) mass is 250 g/mol. The lowest BCUT2D eigenvalue weighted by molar-refractivity contribution is -0.131. The van der Waals surface area contributed by atoms with E-state index < -0.39 is 17.7 Å². The Morgan fingerprint density at radius 3 is 2.12 bits per heavy atom. The van der Waals surface area contributed by atoms with E-state index in [1.807, 2.05) is 0 Å². The van der Waals surface area contributed by atoms with Crippen LogP contribution in [0.2, 0.25) is 5.02 Å². The van der Waals surface area contributed by atoms with E-state index in [0.29, 0.717) is 0 Å². The molecule has 86 valence electrons. The summed E-state index contributed by atoms with van der Waals surface area (Å²) in [7, 11) is 0. The van der Waals surface area contributed by atoms with Crippen LogP contribution in [0.5, 0.6) is 0 Å². The molecule has 0 amide bonds. The predicted octanol–water partition coefficient (Wildman–Crippen LogP) is 3.37. The van der Waals surface area contributed by atoms with Gasteiger partial charge in [0.05, 0.1) is 5.57 Å². The van der Waals surface area contributed by atoms with Crippen molar-refractivity contribution >= 4 is 23.1 Å². The summed E-state index contributed by atoms with van der Waals surface area (Å²) in [6.07, 6.45) is -4.59. The van der Waals surface area contributed by atoms with Crippen LogP contribution < -0.4 is 0 Å². The van der Waals surface area contributed by atoms with Crippen LogP contribution in [0.15, 0.2) is 30.3 Å².